The van der Waals surface area contributed by atoms with E-state index in [9.17, 15) is 9.90 Å². The van der Waals surface area contributed by atoms with Gasteiger partial charge in [-0.15, -0.1) is 11.3 Å². The molecule has 3 aromatic heterocycles. The van der Waals surface area contributed by atoms with Crippen LogP contribution >= 0.6 is 38.9 Å². The van der Waals surface area contributed by atoms with Crippen LogP contribution in [0.25, 0.3) is 16.8 Å². The average molecular weight is 464 g/mol. The Morgan fingerprint density at radius 3 is 2.85 bits per heavy atom. The van der Waals surface area contributed by atoms with Crippen molar-refractivity contribution in [2.45, 2.75) is 13.5 Å². The Kier molecular flexibility index (Phi) is 4.75. The highest BCUT2D eigenvalue weighted by Gasteiger charge is 2.26. The van der Waals surface area contributed by atoms with E-state index in [0.29, 0.717) is 22.2 Å². The van der Waals surface area contributed by atoms with Gasteiger partial charge in [0.15, 0.2) is 10.0 Å². The van der Waals surface area contributed by atoms with Gasteiger partial charge >= 0.3 is 5.56 Å². The van der Waals surface area contributed by atoms with Crippen LogP contribution in [0.2, 0.25) is 4.47 Å². The minimum absolute atomic E-state index is 0.0862. The quantitative estimate of drug-likeness (QED) is 0.464. The molecule has 1 aromatic carbocycles. The van der Waals surface area contributed by atoms with Crippen LogP contribution in [0.1, 0.15) is 10.4 Å². The molecule has 0 amide bonds. The molecule has 0 saturated carbocycles. The van der Waals surface area contributed by atoms with Gasteiger partial charge in [0, 0.05) is 16.2 Å². The van der Waals surface area contributed by atoms with Crippen LogP contribution < -0.4 is 10.1 Å². The highest BCUT2D eigenvalue weighted by atomic mass is 79.9. The molecule has 0 aliphatic heterocycles. The predicted molar refractivity (Wildman–Crippen MR) is 110 cm³/mol. The van der Waals surface area contributed by atoms with Crippen molar-refractivity contribution < 1.29 is 9.67 Å². The number of benzene rings is 1. The molecular weight excluding hydrogens is 450 g/mol. The second-order valence-electron chi connectivity index (χ2n) is 6.06. The summed E-state index contributed by atoms with van der Waals surface area (Å²) in [6.45, 7) is 2.26. The van der Waals surface area contributed by atoms with E-state index in [1.54, 1.807) is 27.4 Å². The van der Waals surface area contributed by atoms with Crippen LogP contribution in [0.15, 0.2) is 58.1 Å². The normalized spacial score (nSPS) is 11.2. The third-order valence-electron chi connectivity index (χ3n) is 4.28. The number of pyridine rings is 1. The van der Waals surface area contributed by atoms with Gasteiger partial charge in [0.1, 0.15) is 6.54 Å². The Balaban J connectivity index is 2.07. The molecule has 3 heterocycles. The van der Waals surface area contributed by atoms with Gasteiger partial charge in [-0.1, -0.05) is 39.7 Å². The summed E-state index contributed by atoms with van der Waals surface area (Å²) in [6, 6.07) is 11.0. The molecule has 27 heavy (non-hydrogen) atoms. The van der Waals surface area contributed by atoms with Crippen LogP contribution in [0.4, 0.5) is 0 Å². The fourth-order valence-corrected chi connectivity index (χ4v) is 4.49. The Bertz CT molecular complexity index is 1240. The largest absolute Gasteiger partial charge is 0.477 e. The standard InChI is InChI=1S/C19H13BrClN3O2S/c1-11-4-3-7-23-16(11)24(10-14-9-22-19(21)27-14)18(26)15(17(23)25)12-5-2-6-13(20)8-12/h2-9H,10H2,1H3/p+1. The molecule has 0 aliphatic rings. The number of fused-ring (bicyclic) bond motifs is 1. The summed E-state index contributed by atoms with van der Waals surface area (Å²) in [5.74, 6) is -0.0862. The van der Waals surface area contributed by atoms with Crippen molar-refractivity contribution in [3.05, 3.63) is 78.5 Å². The maximum Gasteiger partial charge on any atom is 0.354 e. The minimum atomic E-state index is -0.275. The lowest BCUT2D eigenvalue weighted by molar-refractivity contribution is -0.671. The maximum atomic E-state index is 13.2. The van der Waals surface area contributed by atoms with E-state index in [0.717, 1.165) is 14.9 Å². The number of halogens is 2. The number of nitrogens with zero attached hydrogens (tertiary/aromatic N) is 3. The van der Waals surface area contributed by atoms with E-state index in [1.165, 1.54) is 11.3 Å². The van der Waals surface area contributed by atoms with Gasteiger partial charge in [0.05, 0.1) is 11.1 Å². The van der Waals surface area contributed by atoms with Crippen molar-refractivity contribution in [2.24, 2.45) is 0 Å². The Hall–Kier alpha value is -2.22. The summed E-state index contributed by atoms with van der Waals surface area (Å²) in [6.07, 6.45) is 3.39. The van der Waals surface area contributed by atoms with Crippen molar-refractivity contribution in [3.8, 4) is 17.0 Å². The molecule has 4 aromatic rings. The molecule has 0 unspecified atom stereocenters. The van der Waals surface area contributed by atoms with Crippen molar-refractivity contribution >= 4 is 44.5 Å². The van der Waals surface area contributed by atoms with E-state index in [4.69, 9.17) is 11.6 Å². The van der Waals surface area contributed by atoms with Crippen molar-refractivity contribution in [3.63, 3.8) is 0 Å². The van der Waals surface area contributed by atoms with Gasteiger partial charge in [-0.25, -0.2) is 9.78 Å². The van der Waals surface area contributed by atoms with Crippen LogP contribution in [0.3, 0.4) is 0 Å². The van der Waals surface area contributed by atoms with E-state index < -0.39 is 0 Å². The first kappa shape index (κ1) is 18.2. The molecule has 5 nitrogen and oxygen atoms in total. The van der Waals surface area contributed by atoms with Crippen molar-refractivity contribution in [2.75, 3.05) is 0 Å². The van der Waals surface area contributed by atoms with Gasteiger partial charge in [-0.05, 0) is 36.8 Å². The Morgan fingerprint density at radius 2 is 2.15 bits per heavy atom. The molecule has 8 heteroatoms. The number of aromatic hydroxyl groups is 1. The molecule has 0 bridgehead atoms. The molecule has 0 aliphatic carbocycles. The van der Waals surface area contributed by atoms with Gasteiger partial charge in [0.25, 0.3) is 11.5 Å². The van der Waals surface area contributed by atoms with E-state index in [1.807, 2.05) is 37.3 Å². The smallest absolute Gasteiger partial charge is 0.354 e. The number of hydrogen-bond donors (Lipinski definition) is 1. The van der Waals surface area contributed by atoms with Gasteiger partial charge < -0.3 is 5.11 Å². The first-order valence-electron chi connectivity index (χ1n) is 8.08. The predicted octanol–water partition coefficient (Wildman–Crippen LogP) is 4.19. The highest BCUT2D eigenvalue weighted by Crippen LogP contribution is 2.27. The van der Waals surface area contributed by atoms with E-state index in [-0.39, 0.29) is 17.0 Å². The van der Waals surface area contributed by atoms with Crippen LogP contribution in [-0.2, 0) is 6.54 Å². The summed E-state index contributed by atoms with van der Waals surface area (Å²) in [5, 5.41) is 11.1. The third kappa shape index (κ3) is 3.26. The molecule has 0 fully saturated rings. The lowest BCUT2D eigenvalue weighted by Crippen LogP contribution is -2.41. The molecule has 0 radical (unpaired) electrons. The third-order valence-corrected chi connectivity index (χ3v) is 5.88. The average Bonchev–Trinajstić information content (AvgIpc) is 3.04. The van der Waals surface area contributed by atoms with Gasteiger partial charge in [0.2, 0.25) is 0 Å². The topological polar surface area (TPSA) is 58.5 Å². The number of hydrogen-bond acceptors (Lipinski definition) is 4. The second kappa shape index (κ2) is 7.07. The van der Waals surface area contributed by atoms with Crippen LogP contribution in [0, 0.1) is 6.92 Å². The minimum Gasteiger partial charge on any atom is -0.477 e. The first-order chi connectivity index (χ1) is 13.0. The summed E-state index contributed by atoms with van der Waals surface area (Å²) < 4.78 is 4.55. The van der Waals surface area contributed by atoms with E-state index >= 15 is 0 Å². The van der Waals surface area contributed by atoms with E-state index in [2.05, 4.69) is 20.9 Å². The van der Waals surface area contributed by atoms with Gasteiger partial charge in [-0.2, -0.15) is 8.97 Å². The summed E-state index contributed by atoms with van der Waals surface area (Å²) in [5.41, 5.74) is 2.11. The maximum absolute atomic E-state index is 13.2. The van der Waals surface area contributed by atoms with Crippen molar-refractivity contribution in [1.29, 1.82) is 0 Å². The zero-order valence-electron chi connectivity index (χ0n) is 14.2. The Morgan fingerprint density at radius 1 is 1.33 bits per heavy atom. The first-order valence-corrected chi connectivity index (χ1v) is 10.1. The molecule has 0 atom stereocenters. The molecule has 0 saturated heterocycles. The summed E-state index contributed by atoms with van der Waals surface area (Å²) in [7, 11) is 0. The molecule has 0 spiro atoms. The number of thiazole rings is 1. The lowest BCUT2D eigenvalue weighted by atomic mass is 10.1. The fourth-order valence-electron chi connectivity index (χ4n) is 3.13. The zero-order chi connectivity index (χ0) is 19.1. The SMILES string of the molecule is Cc1cccn2c(=O)c(-c3cccc(Br)c3)c(O)[n+](Cc3cnc(Cl)s3)c12. The van der Waals surface area contributed by atoms with Gasteiger partial charge in [-0.3, -0.25) is 0 Å². The molecule has 136 valence electrons. The molecule has 4 rings (SSSR count). The fraction of sp³-hybridized carbons (Fsp3) is 0.105. The van der Waals surface area contributed by atoms with Crippen LogP contribution in [-0.4, -0.2) is 14.5 Å². The molecular formula is C19H14BrClN3O2S+. The number of aromatic nitrogens is 3. The molecule has 1 N–H and O–H groups in total. The number of aryl methyl sites for hydroxylation is 1. The summed E-state index contributed by atoms with van der Waals surface area (Å²) in [4.78, 5) is 18.1. The highest BCUT2D eigenvalue weighted by molar-refractivity contribution is 9.10. The van der Waals surface area contributed by atoms with Crippen LogP contribution in [0.5, 0.6) is 5.88 Å². The number of rotatable bonds is 3. The van der Waals surface area contributed by atoms with Crippen molar-refractivity contribution in [1.82, 2.24) is 9.38 Å². The second-order valence-corrected chi connectivity index (χ2v) is 8.68. The lowest BCUT2D eigenvalue weighted by Gasteiger charge is -2.11. The zero-order valence-corrected chi connectivity index (χ0v) is 17.3. The monoisotopic (exact) mass is 462 g/mol. The Labute approximate surface area is 172 Å². The summed E-state index contributed by atoms with van der Waals surface area (Å²) >= 11 is 10.7.